The van der Waals surface area contributed by atoms with Gasteiger partial charge in [0.25, 0.3) is 0 Å². The maximum Gasteiger partial charge on any atom is 1.00 e. The van der Waals surface area contributed by atoms with Crippen LogP contribution in [0, 0.1) is 52.3 Å². The molecule has 0 radical (unpaired) electrons. The largest absolute Gasteiger partial charge is 1.00 e. The van der Waals surface area contributed by atoms with Crippen molar-refractivity contribution in [1.29, 1.82) is 0 Å². The molecule has 0 bridgehead atoms. The van der Waals surface area contributed by atoms with Crippen LogP contribution < -0.4 is 88.7 Å². The Balaban J connectivity index is 0.00000337. The van der Waals surface area contributed by atoms with Crippen LogP contribution in [0.4, 0.5) is 0 Å². The molecule has 0 aromatic heterocycles. The fourth-order valence-electron chi connectivity index (χ4n) is 10.0. The predicted octanol–water partition coefficient (Wildman–Crippen LogP) is -5.12. The molecule has 12 nitrogen and oxygen atoms in total. The fraction of sp³-hybridized carbons (Fsp3) is 1.00. The maximum absolute atomic E-state index is 11.9. The standard InChI is InChI=1S/C27H48O12S3.3Na/c1-16(2)7-6-8-17(3)19-9-10-20-18-13-23(37-40(28,29)30)22-14-24(38-41(31,32)33)25(39-42(34,35)36)15-27(22,5)21(18)11-12-26(19,20)4;;;/h16-25H,6-15H2,1-5H3,(H,28,29,30)(H,31,32,33)(H,34,35,36);;;/q;3*+1/p-3. The second-order valence-electron chi connectivity index (χ2n) is 14.3. The smallest absolute Gasteiger partial charge is 0.726 e. The molecule has 0 aromatic rings. The summed E-state index contributed by atoms with van der Waals surface area (Å²) < 4.78 is 119. The van der Waals surface area contributed by atoms with Gasteiger partial charge in [0.05, 0.1) is 6.10 Å². The van der Waals surface area contributed by atoms with Gasteiger partial charge in [-0.15, -0.1) is 0 Å². The van der Waals surface area contributed by atoms with Gasteiger partial charge in [-0.3, -0.25) is 12.5 Å². The van der Waals surface area contributed by atoms with Crippen molar-refractivity contribution in [1.82, 2.24) is 0 Å². The van der Waals surface area contributed by atoms with Crippen molar-refractivity contribution in [2.24, 2.45) is 52.3 Å². The Morgan fingerprint density at radius 2 is 1.18 bits per heavy atom. The summed E-state index contributed by atoms with van der Waals surface area (Å²) in [6.07, 6.45) is 2.45. The molecule has 0 amide bonds. The van der Waals surface area contributed by atoms with E-state index in [4.69, 9.17) is 8.37 Å². The topological polar surface area (TPSA) is 199 Å². The molecule has 4 aliphatic carbocycles. The summed E-state index contributed by atoms with van der Waals surface area (Å²) in [5.41, 5.74) is -0.893. The zero-order valence-electron chi connectivity index (χ0n) is 28.0. The number of hydrogen-bond acceptors (Lipinski definition) is 12. The van der Waals surface area contributed by atoms with Crippen LogP contribution in [0.25, 0.3) is 0 Å². The van der Waals surface area contributed by atoms with Gasteiger partial charge in [0.15, 0.2) is 0 Å². The van der Waals surface area contributed by atoms with Crippen molar-refractivity contribution in [2.45, 2.75) is 117 Å². The molecule has 11 atom stereocenters. The Hall–Kier alpha value is 2.61. The Bertz CT molecular complexity index is 1310. The van der Waals surface area contributed by atoms with E-state index in [-0.39, 0.29) is 131 Å². The van der Waals surface area contributed by atoms with Gasteiger partial charge in [0, 0.05) is 0 Å². The van der Waals surface area contributed by atoms with E-state index in [1.807, 2.05) is 6.92 Å². The van der Waals surface area contributed by atoms with Crippen LogP contribution in [0.1, 0.15) is 98.8 Å². The average Bonchev–Trinajstić information content (AvgIpc) is 3.14. The van der Waals surface area contributed by atoms with E-state index < -0.39 is 60.8 Å². The quantitative estimate of drug-likeness (QED) is 0.112. The molecular formula is C27H45Na3O12S3. The van der Waals surface area contributed by atoms with Gasteiger partial charge < -0.3 is 13.7 Å². The molecule has 18 heteroatoms. The third kappa shape index (κ3) is 11.1. The van der Waals surface area contributed by atoms with Crippen molar-refractivity contribution in [3.05, 3.63) is 0 Å². The van der Waals surface area contributed by atoms with Crippen LogP contribution >= 0.6 is 0 Å². The van der Waals surface area contributed by atoms with Crippen LogP contribution in [0.15, 0.2) is 0 Å². The molecule has 4 saturated carbocycles. The Kier molecular flexibility index (Phi) is 17.2. The van der Waals surface area contributed by atoms with E-state index in [9.17, 15) is 38.9 Å². The molecule has 0 heterocycles. The summed E-state index contributed by atoms with van der Waals surface area (Å²) >= 11 is 0. The number of hydrogen-bond donors (Lipinski definition) is 0. The van der Waals surface area contributed by atoms with E-state index in [0.717, 1.165) is 38.5 Å². The summed E-state index contributed by atoms with van der Waals surface area (Å²) in [6.45, 7) is 10.9. The van der Waals surface area contributed by atoms with Crippen LogP contribution in [-0.4, -0.2) is 57.2 Å². The molecular weight excluding hydrogens is 681 g/mol. The second-order valence-corrected chi connectivity index (χ2v) is 17.4. The minimum atomic E-state index is -5.34. The Labute approximate surface area is 336 Å². The SMILES string of the molecule is CC(C)CCCC(C)C1CCC2C3CC(OS(=O)(=O)[O-])C4CC(OS(=O)(=O)[O-])C(OS(=O)(=O)[O-])CC4(C)C3CCC12C.[Na+].[Na+].[Na+]. The van der Waals surface area contributed by atoms with E-state index in [2.05, 4.69) is 31.9 Å². The third-order valence-electron chi connectivity index (χ3n) is 11.6. The average molecular weight is 727 g/mol. The molecule has 0 spiro atoms. The fourth-order valence-corrected chi connectivity index (χ4v) is 11.6. The monoisotopic (exact) mass is 726 g/mol. The summed E-state index contributed by atoms with van der Waals surface area (Å²) in [7, 11) is -15.8. The summed E-state index contributed by atoms with van der Waals surface area (Å²) in [6, 6.07) is 0. The van der Waals surface area contributed by atoms with E-state index in [1.165, 1.54) is 6.42 Å². The van der Waals surface area contributed by atoms with Gasteiger partial charge in [-0.2, -0.15) is 0 Å². The van der Waals surface area contributed by atoms with Gasteiger partial charge >= 0.3 is 88.7 Å². The first-order valence-corrected chi connectivity index (χ1v) is 19.1. The molecule has 4 rings (SSSR count). The van der Waals surface area contributed by atoms with Crippen molar-refractivity contribution in [2.75, 3.05) is 0 Å². The van der Waals surface area contributed by atoms with Crippen LogP contribution in [0.2, 0.25) is 0 Å². The van der Waals surface area contributed by atoms with Gasteiger partial charge in [-0.25, -0.2) is 25.3 Å². The molecule has 4 fully saturated rings. The molecule has 45 heavy (non-hydrogen) atoms. The zero-order chi connectivity index (χ0) is 31.5. The summed E-state index contributed by atoms with van der Waals surface area (Å²) in [4.78, 5) is 0. The van der Waals surface area contributed by atoms with Gasteiger partial charge in [0.2, 0.25) is 31.2 Å². The molecule has 11 unspecified atom stereocenters. The van der Waals surface area contributed by atoms with Crippen molar-refractivity contribution in [3.8, 4) is 0 Å². The first-order valence-electron chi connectivity index (χ1n) is 15.1. The molecule has 0 aromatic carbocycles. The van der Waals surface area contributed by atoms with Gasteiger partial charge in [-0.1, -0.05) is 53.9 Å². The zero-order valence-corrected chi connectivity index (χ0v) is 36.4. The van der Waals surface area contributed by atoms with E-state index in [0.29, 0.717) is 17.8 Å². The predicted molar refractivity (Wildman–Crippen MR) is 148 cm³/mol. The van der Waals surface area contributed by atoms with Crippen molar-refractivity contribution in [3.63, 3.8) is 0 Å². The first-order chi connectivity index (χ1) is 19.1. The number of fused-ring (bicyclic) bond motifs is 5. The molecule has 4 aliphatic rings. The Morgan fingerprint density at radius 1 is 0.667 bits per heavy atom. The first kappa shape index (κ1) is 45.6. The number of rotatable bonds is 11. The summed E-state index contributed by atoms with van der Waals surface area (Å²) in [5, 5.41) is 0. The van der Waals surface area contributed by atoms with Crippen LogP contribution in [-0.2, 0) is 43.7 Å². The van der Waals surface area contributed by atoms with Crippen LogP contribution in [0.5, 0.6) is 0 Å². The third-order valence-corrected chi connectivity index (χ3v) is 13.0. The van der Waals surface area contributed by atoms with Gasteiger partial charge in [0.1, 0.15) is 12.2 Å². The molecule has 246 valence electrons. The minimum Gasteiger partial charge on any atom is -0.726 e. The van der Waals surface area contributed by atoms with E-state index in [1.54, 1.807) is 0 Å². The van der Waals surface area contributed by atoms with Gasteiger partial charge in [-0.05, 0) is 97.2 Å². The summed E-state index contributed by atoms with van der Waals surface area (Å²) in [5.74, 6) is 0.980. The van der Waals surface area contributed by atoms with E-state index >= 15 is 0 Å². The normalized spacial score (nSPS) is 38.9. The van der Waals surface area contributed by atoms with Crippen molar-refractivity contribution >= 4 is 31.2 Å². The molecule has 0 saturated heterocycles. The van der Waals surface area contributed by atoms with Crippen molar-refractivity contribution < 1.29 is 140 Å². The molecule has 0 N–H and O–H groups in total. The minimum absolute atomic E-state index is 0. The Morgan fingerprint density at radius 3 is 1.71 bits per heavy atom. The maximum atomic E-state index is 11.9. The van der Waals surface area contributed by atoms with Crippen LogP contribution in [0.3, 0.4) is 0 Å². The second kappa shape index (κ2) is 17.0. The molecule has 0 aliphatic heterocycles.